The van der Waals surface area contributed by atoms with Crippen LogP contribution in [0.4, 0.5) is 0 Å². The maximum absolute atomic E-state index is 2.37. The number of rotatable bonds is 5. The Morgan fingerprint density at radius 1 is 1.20 bits per heavy atom. The zero-order chi connectivity index (χ0) is 15.4. The Labute approximate surface area is 130 Å². The highest BCUT2D eigenvalue weighted by Gasteiger charge is 2.24. The van der Waals surface area contributed by atoms with Crippen LogP contribution in [0.25, 0.3) is 0 Å². The Morgan fingerprint density at radius 3 is 2.35 bits per heavy atom. The van der Waals surface area contributed by atoms with Crippen LogP contribution in [-0.2, 0) is 4.75 Å². The molecular formula is C18H29BS. The van der Waals surface area contributed by atoms with Gasteiger partial charge in [0.05, 0.1) is 0 Å². The molecule has 0 bridgehead atoms. The summed E-state index contributed by atoms with van der Waals surface area (Å²) in [5.41, 5.74) is 4.51. The van der Waals surface area contributed by atoms with Crippen molar-refractivity contribution in [3.63, 3.8) is 0 Å². The van der Waals surface area contributed by atoms with Crippen LogP contribution in [0, 0.1) is 12.3 Å². The van der Waals surface area contributed by atoms with E-state index in [2.05, 4.69) is 79.7 Å². The largest absolute Gasteiger partial charge is 0.147 e. The van der Waals surface area contributed by atoms with Crippen molar-refractivity contribution in [3.05, 3.63) is 41.5 Å². The number of benzene rings is 1. The Kier molecular flexibility index (Phi) is 6.00. The molecule has 0 fully saturated rings. The van der Waals surface area contributed by atoms with E-state index in [0.717, 1.165) is 12.2 Å². The van der Waals surface area contributed by atoms with E-state index in [1.165, 1.54) is 16.6 Å². The lowest BCUT2D eigenvalue weighted by Crippen LogP contribution is -2.20. The fourth-order valence-corrected chi connectivity index (χ4v) is 3.15. The zero-order valence-electron chi connectivity index (χ0n) is 14.2. The molecule has 1 rings (SSSR count). The minimum atomic E-state index is 0.209. The topological polar surface area (TPSA) is 0 Å². The van der Waals surface area contributed by atoms with Crippen molar-refractivity contribution in [2.75, 3.05) is 5.75 Å². The Morgan fingerprint density at radius 2 is 1.85 bits per heavy atom. The van der Waals surface area contributed by atoms with Crippen LogP contribution >= 0.6 is 11.8 Å². The molecule has 0 N–H and O–H groups in total. The van der Waals surface area contributed by atoms with Gasteiger partial charge < -0.3 is 0 Å². The summed E-state index contributed by atoms with van der Waals surface area (Å²) in [6, 6.07) is 6.91. The van der Waals surface area contributed by atoms with E-state index in [4.69, 9.17) is 0 Å². The second-order valence-corrected chi connectivity index (χ2v) is 8.49. The third kappa shape index (κ3) is 5.05. The molecule has 0 saturated carbocycles. The molecule has 0 aromatic heterocycles. The van der Waals surface area contributed by atoms with Gasteiger partial charge in [0.25, 0.3) is 0 Å². The quantitative estimate of drug-likeness (QED) is 0.577. The first kappa shape index (κ1) is 17.4. The fourth-order valence-electron chi connectivity index (χ4n) is 2.09. The molecule has 1 unspecified atom stereocenters. The van der Waals surface area contributed by atoms with Crippen LogP contribution < -0.4 is 5.46 Å². The van der Waals surface area contributed by atoms with Crippen molar-refractivity contribution in [1.82, 2.24) is 0 Å². The first-order chi connectivity index (χ1) is 9.18. The summed E-state index contributed by atoms with van der Waals surface area (Å²) >= 11 is 2.05. The SMILES string of the molecule is Bc1cc(C(C)(CC)SC/C=C/C(C)(C)C)ccc1C. The number of allylic oxidation sites excluding steroid dienone is 1. The summed E-state index contributed by atoms with van der Waals surface area (Å²) in [7, 11) is 2.21. The van der Waals surface area contributed by atoms with E-state index in [0.29, 0.717) is 0 Å². The number of hydrogen-bond acceptors (Lipinski definition) is 1. The van der Waals surface area contributed by atoms with Crippen molar-refractivity contribution in [3.8, 4) is 0 Å². The molecule has 2 heteroatoms. The minimum Gasteiger partial charge on any atom is -0.147 e. The molecule has 0 heterocycles. The molecular weight excluding hydrogens is 259 g/mol. The lowest BCUT2D eigenvalue weighted by atomic mass is 9.86. The van der Waals surface area contributed by atoms with Crippen LogP contribution in [0.5, 0.6) is 0 Å². The van der Waals surface area contributed by atoms with Gasteiger partial charge in [0.15, 0.2) is 0 Å². The maximum Gasteiger partial charge on any atom is 0.139 e. The number of thioether (sulfide) groups is 1. The summed E-state index contributed by atoms with van der Waals surface area (Å²) in [5, 5.41) is 0. The van der Waals surface area contributed by atoms with E-state index < -0.39 is 0 Å². The van der Waals surface area contributed by atoms with Crippen LogP contribution in [0.3, 0.4) is 0 Å². The van der Waals surface area contributed by atoms with Crippen molar-refractivity contribution >= 4 is 25.1 Å². The summed E-state index contributed by atoms with van der Waals surface area (Å²) in [6.07, 6.45) is 5.79. The second-order valence-electron chi connectivity index (χ2n) is 6.96. The van der Waals surface area contributed by atoms with Gasteiger partial charge in [-0.05, 0) is 31.2 Å². The molecule has 0 amide bonds. The van der Waals surface area contributed by atoms with Crippen LogP contribution in [-0.4, -0.2) is 13.6 Å². The molecule has 0 spiro atoms. The molecule has 0 aliphatic carbocycles. The standard InChI is InChI=1S/C18H29BS/c1-7-18(6,20-12-8-11-17(3,4)5)15-10-9-14(2)16(19)13-15/h8-11,13H,7,12,19H2,1-6H3/b11-8+. The highest BCUT2D eigenvalue weighted by molar-refractivity contribution is 8.00. The molecule has 0 aliphatic rings. The Balaban J connectivity index is 2.81. The fraction of sp³-hybridized carbons (Fsp3) is 0.556. The molecule has 110 valence electrons. The highest BCUT2D eigenvalue weighted by atomic mass is 32.2. The van der Waals surface area contributed by atoms with E-state index >= 15 is 0 Å². The van der Waals surface area contributed by atoms with Crippen LogP contribution in [0.1, 0.15) is 52.2 Å². The summed E-state index contributed by atoms with van der Waals surface area (Å²) in [6.45, 7) is 13.6. The van der Waals surface area contributed by atoms with Crippen LogP contribution in [0.2, 0.25) is 0 Å². The highest BCUT2D eigenvalue weighted by Crippen LogP contribution is 2.39. The third-order valence-corrected chi connectivity index (χ3v) is 5.43. The van der Waals surface area contributed by atoms with E-state index in [1.807, 2.05) is 11.8 Å². The molecule has 0 radical (unpaired) electrons. The van der Waals surface area contributed by atoms with E-state index in [-0.39, 0.29) is 10.2 Å². The molecule has 0 aliphatic heterocycles. The van der Waals surface area contributed by atoms with Gasteiger partial charge in [-0.15, -0.1) is 11.8 Å². The predicted octanol–water partition coefficient (Wildman–Crippen LogP) is 4.21. The van der Waals surface area contributed by atoms with Gasteiger partial charge in [0.1, 0.15) is 7.85 Å². The summed E-state index contributed by atoms with van der Waals surface area (Å²) < 4.78 is 0.209. The predicted molar refractivity (Wildman–Crippen MR) is 98.1 cm³/mol. The second kappa shape index (κ2) is 6.89. The normalized spacial score (nSPS) is 15.5. The van der Waals surface area contributed by atoms with E-state index in [9.17, 15) is 0 Å². The Hall–Kier alpha value is -0.625. The lowest BCUT2D eigenvalue weighted by molar-refractivity contribution is 0.543. The molecule has 1 aromatic carbocycles. The van der Waals surface area contributed by atoms with Crippen molar-refractivity contribution in [2.24, 2.45) is 5.41 Å². The monoisotopic (exact) mass is 288 g/mol. The lowest BCUT2D eigenvalue weighted by Gasteiger charge is -2.29. The van der Waals surface area contributed by atoms with Crippen molar-refractivity contribution < 1.29 is 0 Å². The van der Waals surface area contributed by atoms with Gasteiger partial charge in [-0.1, -0.05) is 69.1 Å². The molecule has 1 aromatic rings. The average Bonchev–Trinajstić information content (AvgIpc) is 2.36. The molecule has 0 nitrogen and oxygen atoms in total. The van der Waals surface area contributed by atoms with E-state index in [1.54, 1.807) is 0 Å². The number of aryl methyl sites for hydroxylation is 1. The third-order valence-electron chi connectivity index (χ3n) is 3.91. The van der Waals surface area contributed by atoms with Gasteiger partial charge in [-0.25, -0.2) is 0 Å². The van der Waals surface area contributed by atoms with Crippen molar-refractivity contribution in [2.45, 2.75) is 52.7 Å². The Bertz CT molecular complexity index is 471. The molecule has 20 heavy (non-hydrogen) atoms. The first-order valence-electron chi connectivity index (χ1n) is 7.57. The average molecular weight is 288 g/mol. The zero-order valence-corrected chi connectivity index (χ0v) is 15.0. The smallest absolute Gasteiger partial charge is 0.139 e. The number of hydrogen-bond donors (Lipinski definition) is 0. The maximum atomic E-state index is 2.37. The van der Waals surface area contributed by atoms with Gasteiger partial charge in [-0.3, -0.25) is 0 Å². The minimum absolute atomic E-state index is 0.209. The van der Waals surface area contributed by atoms with Gasteiger partial charge in [-0.2, -0.15) is 0 Å². The van der Waals surface area contributed by atoms with Gasteiger partial charge >= 0.3 is 0 Å². The summed E-state index contributed by atoms with van der Waals surface area (Å²) in [5.74, 6) is 1.08. The van der Waals surface area contributed by atoms with Gasteiger partial charge in [0.2, 0.25) is 0 Å². The van der Waals surface area contributed by atoms with Crippen molar-refractivity contribution in [1.29, 1.82) is 0 Å². The molecule has 0 saturated heterocycles. The summed E-state index contributed by atoms with van der Waals surface area (Å²) in [4.78, 5) is 0. The van der Waals surface area contributed by atoms with Gasteiger partial charge in [0, 0.05) is 10.5 Å². The first-order valence-corrected chi connectivity index (χ1v) is 8.56. The van der Waals surface area contributed by atoms with Crippen LogP contribution in [0.15, 0.2) is 30.4 Å². The molecule has 1 atom stereocenters.